The van der Waals surface area contributed by atoms with E-state index in [0.29, 0.717) is 21.2 Å². The summed E-state index contributed by atoms with van der Waals surface area (Å²) < 4.78 is 17.3. The minimum atomic E-state index is -0.707. The first-order valence-corrected chi connectivity index (χ1v) is 11.7. The number of esters is 1. The maximum absolute atomic E-state index is 13.3. The molecule has 0 amide bonds. The van der Waals surface area contributed by atoms with Crippen molar-refractivity contribution < 1.29 is 23.9 Å². The Balaban J connectivity index is 2.17. The van der Waals surface area contributed by atoms with E-state index in [1.54, 1.807) is 25.1 Å². The van der Waals surface area contributed by atoms with Crippen molar-refractivity contribution in [2.24, 2.45) is 5.10 Å². The molecule has 0 fully saturated rings. The van der Waals surface area contributed by atoms with Gasteiger partial charge in [-0.2, -0.15) is 9.78 Å². The highest BCUT2D eigenvalue weighted by atomic mass is 79.9. The summed E-state index contributed by atoms with van der Waals surface area (Å²) >= 11 is 3.37. The molecule has 0 aliphatic heterocycles. The number of hydrogen-bond donors (Lipinski definition) is 0. The number of halogens is 1. The Labute approximate surface area is 215 Å². The maximum atomic E-state index is 13.3. The van der Waals surface area contributed by atoms with Crippen LogP contribution in [0.2, 0.25) is 0 Å². The zero-order valence-corrected chi connectivity index (χ0v) is 22.0. The Morgan fingerprint density at radius 1 is 1.25 bits per heavy atom. The fourth-order valence-electron chi connectivity index (χ4n) is 3.28. The quantitative estimate of drug-likeness (QED) is 0.173. The van der Waals surface area contributed by atoms with E-state index in [0.717, 1.165) is 0 Å². The number of nitro groups is 1. The van der Waals surface area contributed by atoms with Crippen molar-refractivity contribution in [3.63, 3.8) is 0 Å². The molecule has 12 heteroatoms. The van der Waals surface area contributed by atoms with Crippen LogP contribution in [0.25, 0.3) is 10.9 Å². The van der Waals surface area contributed by atoms with Crippen molar-refractivity contribution in [1.29, 1.82) is 0 Å². The van der Waals surface area contributed by atoms with Crippen molar-refractivity contribution in [3.05, 3.63) is 66.7 Å². The molecule has 3 aromatic rings. The number of hydrogen-bond acceptors (Lipinski definition) is 9. The normalized spacial score (nSPS) is 11.6. The van der Waals surface area contributed by atoms with E-state index in [4.69, 9.17) is 9.47 Å². The van der Waals surface area contributed by atoms with Gasteiger partial charge < -0.3 is 14.2 Å². The molecule has 0 unspecified atom stereocenters. The van der Waals surface area contributed by atoms with Gasteiger partial charge in [0.25, 0.3) is 5.56 Å². The number of carbonyl (C=O) groups excluding carboxylic acids is 1. The number of methoxy groups -OCH3 is 1. The van der Waals surface area contributed by atoms with Crippen molar-refractivity contribution >= 4 is 44.7 Å². The van der Waals surface area contributed by atoms with Crippen LogP contribution in [0.3, 0.4) is 0 Å². The zero-order valence-electron chi connectivity index (χ0n) is 20.4. The molecule has 1 aromatic heterocycles. The van der Waals surface area contributed by atoms with Gasteiger partial charge in [0.05, 0.1) is 35.8 Å². The highest BCUT2D eigenvalue weighted by Gasteiger charge is 2.25. The predicted molar refractivity (Wildman–Crippen MR) is 137 cm³/mol. The summed E-state index contributed by atoms with van der Waals surface area (Å²) in [6, 6.07) is 7.89. The molecule has 0 radical (unpaired) electrons. The molecule has 36 heavy (non-hydrogen) atoms. The Kier molecular flexibility index (Phi) is 8.08. The van der Waals surface area contributed by atoms with Gasteiger partial charge in [-0.1, -0.05) is 36.7 Å². The number of nitro benzene ring substituents is 1. The average molecular weight is 561 g/mol. The number of aromatic nitrogens is 2. The fraction of sp³-hybridized carbons (Fsp3) is 0.333. The fourth-order valence-corrected chi connectivity index (χ4v) is 3.64. The lowest BCUT2D eigenvalue weighted by atomic mass is 9.95. The number of benzene rings is 2. The molecule has 1 heterocycles. The Morgan fingerprint density at radius 3 is 2.58 bits per heavy atom. The van der Waals surface area contributed by atoms with E-state index in [1.165, 1.54) is 30.1 Å². The average Bonchev–Trinajstić information content (AvgIpc) is 2.81. The minimum Gasteiger partial charge on any atom is -0.490 e. The van der Waals surface area contributed by atoms with Crippen LogP contribution in [-0.4, -0.2) is 47.1 Å². The van der Waals surface area contributed by atoms with E-state index in [1.807, 2.05) is 20.8 Å². The molecule has 11 nitrogen and oxygen atoms in total. The van der Waals surface area contributed by atoms with E-state index in [9.17, 15) is 19.7 Å². The van der Waals surface area contributed by atoms with Crippen LogP contribution in [0.15, 0.2) is 44.7 Å². The number of carbonyl (C=O) groups is 1. The Hall–Kier alpha value is -3.80. The topological polar surface area (TPSA) is 135 Å². The lowest BCUT2D eigenvalue weighted by molar-refractivity contribution is -0.385. The SMILES string of the molecule is CCOc1cc(C=Nn2c(C(C)(C)C)nc3ccc(Br)cc3c2=O)cc([N+](=O)[O-])c1OCC(=O)OC. The molecule has 0 atom stereocenters. The smallest absolute Gasteiger partial charge is 0.343 e. The third-order valence-electron chi connectivity index (χ3n) is 4.92. The second-order valence-corrected chi connectivity index (χ2v) is 9.55. The van der Waals surface area contributed by atoms with Gasteiger partial charge in [-0.25, -0.2) is 9.78 Å². The summed E-state index contributed by atoms with van der Waals surface area (Å²) in [5.41, 5.74) is -0.556. The van der Waals surface area contributed by atoms with E-state index in [-0.39, 0.29) is 29.2 Å². The van der Waals surface area contributed by atoms with Crippen LogP contribution in [0.1, 0.15) is 39.1 Å². The van der Waals surface area contributed by atoms with Crippen LogP contribution < -0.4 is 15.0 Å². The number of nitrogens with zero attached hydrogens (tertiary/aromatic N) is 4. The van der Waals surface area contributed by atoms with E-state index in [2.05, 4.69) is 30.8 Å². The zero-order chi connectivity index (χ0) is 26.6. The first-order valence-electron chi connectivity index (χ1n) is 10.9. The molecule has 0 N–H and O–H groups in total. The number of fused-ring (bicyclic) bond motifs is 1. The third kappa shape index (κ3) is 5.88. The summed E-state index contributed by atoms with van der Waals surface area (Å²) in [6.07, 6.45) is 1.31. The van der Waals surface area contributed by atoms with Crippen molar-refractivity contribution in [2.75, 3.05) is 20.3 Å². The monoisotopic (exact) mass is 560 g/mol. The van der Waals surface area contributed by atoms with Gasteiger partial charge in [0.2, 0.25) is 5.75 Å². The van der Waals surface area contributed by atoms with E-state index >= 15 is 0 Å². The summed E-state index contributed by atoms with van der Waals surface area (Å²) in [7, 11) is 1.18. The molecule has 3 rings (SSSR count). The van der Waals surface area contributed by atoms with Crippen molar-refractivity contribution in [2.45, 2.75) is 33.1 Å². The molecule has 2 aromatic carbocycles. The third-order valence-corrected chi connectivity index (χ3v) is 5.41. The Morgan fingerprint density at radius 2 is 1.97 bits per heavy atom. The van der Waals surface area contributed by atoms with Crippen molar-refractivity contribution in [1.82, 2.24) is 9.66 Å². The van der Waals surface area contributed by atoms with Gasteiger partial charge in [-0.3, -0.25) is 14.9 Å². The second-order valence-electron chi connectivity index (χ2n) is 8.63. The highest BCUT2D eigenvalue weighted by molar-refractivity contribution is 9.10. The standard InChI is InChI=1S/C24H25BrN4O7/c1-6-35-19-10-14(9-18(29(32)33)21(19)36-13-20(30)34-5)12-26-28-22(31)16-11-15(25)7-8-17(16)27-23(28)24(2,3)4/h7-12H,6,13H2,1-5H3. The lowest BCUT2D eigenvalue weighted by Crippen LogP contribution is -2.29. The molecule has 190 valence electrons. The van der Waals surface area contributed by atoms with Gasteiger partial charge >= 0.3 is 11.7 Å². The highest BCUT2D eigenvalue weighted by Crippen LogP contribution is 2.38. The van der Waals surface area contributed by atoms with Gasteiger partial charge in [-0.05, 0) is 31.2 Å². The summed E-state index contributed by atoms with van der Waals surface area (Å²) in [4.78, 5) is 40.6. The molecule has 0 saturated carbocycles. The Bertz CT molecular complexity index is 1410. The van der Waals surface area contributed by atoms with Crippen LogP contribution >= 0.6 is 15.9 Å². The second kappa shape index (κ2) is 10.9. The van der Waals surface area contributed by atoms with Crippen LogP contribution in [0.5, 0.6) is 11.5 Å². The first kappa shape index (κ1) is 26.8. The summed E-state index contributed by atoms with van der Waals surface area (Å²) in [5, 5.41) is 16.5. The van der Waals surface area contributed by atoms with Gasteiger partial charge in [0, 0.05) is 21.5 Å². The molecule has 0 aliphatic rings. The summed E-state index contributed by atoms with van der Waals surface area (Å²) in [6.45, 7) is 7.05. The molecule has 0 spiro atoms. The molecule has 0 aliphatic carbocycles. The maximum Gasteiger partial charge on any atom is 0.343 e. The predicted octanol–water partition coefficient (Wildman–Crippen LogP) is 4.20. The molecule has 0 bridgehead atoms. The van der Waals surface area contributed by atoms with Gasteiger partial charge in [0.1, 0.15) is 5.82 Å². The van der Waals surface area contributed by atoms with E-state index < -0.39 is 28.6 Å². The number of ether oxygens (including phenoxy) is 3. The molecular formula is C24H25BrN4O7. The van der Waals surface area contributed by atoms with Crippen LogP contribution in [0.4, 0.5) is 5.69 Å². The van der Waals surface area contributed by atoms with Crippen LogP contribution in [-0.2, 0) is 14.9 Å². The molecular weight excluding hydrogens is 536 g/mol. The van der Waals surface area contributed by atoms with Crippen molar-refractivity contribution in [3.8, 4) is 11.5 Å². The molecule has 0 saturated heterocycles. The lowest BCUT2D eigenvalue weighted by Gasteiger charge is -2.21. The minimum absolute atomic E-state index is 0.0426. The van der Waals surface area contributed by atoms with Gasteiger partial charge in [-0.15, -0.1) is 0 Å². The first-order chi connectivity index (χ1) is 17.0. The van der Waals surface area contributed by atoms with Gasteiger partial charge in [0.15, 0.2) is 12.4 Å². The largest absolute Gasteiger partial charge is 0.490 e. The van der Waals surface area contributed by atoms with Crippen LogP contribution in [0, 0.1) is 10.1 Å². The number of rotatable bonds is 8. The summed E-state index contributed by atoms with van der Waals surface area (Å²) in [5.74, 6) is -0.465.